The predicted molar refractivity (Wildman–Crippen MR) is 180 cm³/mol. The standard InChI is InChI=1S/C33H49BN6O6S/c1-9-26-32(7)28(40(31(43)46-32)16-11-10-15-39-19-25(37-38-39)29-35-14-17-47-29)23(5)36-18-20(2)12-13-33(34,24(6)44-8)22(4)27(41)21(3)30(42)45-26/h10-11,14,17,19-24,26,28,36H,9,12-13,15-16,18H2,1-8H3/b11-10+/t20-,21-,22+,23-,24?,26-,28-,32-,33+/m1/s1. The van der Waals surface area contributed by atoms with Gasteiger partial charge in [-0.2, -0.15) is 0 Å². The molecule has 2 radical (unpaired) electrons. The maximum atomic E-state index is 13.7. The minimum atomic E-state index is -1.18. The molecule has 2 aliphatic heterocycles. The van der Waals surface area contributed by atoms with Crippen LogP contribution in [0, 0.1) is 17.8 Å². The van der Waals surface area contributed by atoms with Crippen LogP contribution in [-0.2, 0) is 30.3 Å². The van der Waals surface area contributed by atoms with Crippen LogP contribution < -0.4 is 5.32 Å². The molecule has 4 rings (SSSR count). The number of cyclic esters (lactones) is 1. The van der Waals surface area contributed by atoms with Crippen LogP contribution in [-0.4, -0.2) is 101 Å². The summed E-state index contributed by atoms with van der Waals surface area (Å²) >= 11 is 1.49. The highest BCUT2D eigenvalue weighted by molar-refractivity contribution is 7.13. The van der Waals surface area contributed by atoms with Crippen molar-refractivity contribution in [2.75, 3.05) is 20.2 Å². The number of thiazole rings is 1. The molecule has 1 amide bonds. The van der Waals surface area contributed by atoms with E-state index in [4.69, 9.17) is 22.1 Å². The number of amides is 1. The number of aromatic nitrogens is 4. The van der Waals surface area contributed by atoms with Crippen molar-refractivity contribution in [2.24, 2.45) is 17.8 Å². The van der Waals surface area contributed by atoms with Crippen LogP contribution in [0.4, 0.5) is 4.79 Å². The first kappa shape index (κ1) is 36.7. The Labute approximate surface area is 283 Å². The second-order valence-electron chi connectivity index (χ2n) is 13.3. The van der Waals surface area contributed by atoms with Crippen molar-refractivity contribution in [2.45, 2.75) is 109 Å². The average molecular weight is 669 g/mol. The summed E-state index contributed by atoms with van der Waals surface area (Å²) in [5, 5.41) is 13.7. The molecule has 2 aromatic rings. The number of nitrogens with one attached hydrogen (secondary N) is 1. The summed E-state index contributed by atoms with van der Waals surface area (Å²) < 4.78 is 19.5. The highest BCUT2D eigenvalue weighted by atomic mass is 32.1. The number of hydrogen-bond acceptors (Lipinski definition) is 11. The molecule has 0 spiro atoms. The summed E-state index contributed by atoms with van der Waals surface area (Å²) in [5.41, 5.74) is -0.483. The summed E-state index contributed by atoms with van der Waals surface area (Å²) in [6.45, 7) is 14.4. The van der Waals surface area contributed by atoms with E-state index in [1.807, 2.05) is 51.4 Å². The Balaban J connectivity index is 1.58. The predicted octanol–water partition coefficient (Wildman–Crippen LogP) is 4.47. The monoisotopic (exact) mass is 668 g/mol. The van der Waals surface area contributed by atoms with Crippen LogP contribution in [0.25, 0.3) is 10.7 Å². The molecular formula is C33H49BN6O6S. The molecule has 0 saturated carbocycles. The number of carbonyl (C=O) groups excluding carboxylic acids is 3. The minimum absolute atomic E-state index is 0.198. The molecule has 1 unspecified atom stereocenters. The maximum Gasteiger partial charge on any atom is 0.411 e. The fourth-order valence-corrected chi connectivity index (χ4v) is 7.43. The summed E-state index contributed by atoms with van der Waals surface area (Å²) in [4.78, 5) is 46.7. The van der Waals surface area contributed by atoms with Crippen LogP contribution in [0.15, 0.2) is 29.9 Å². The van der Waals surface area contributed by atoms with Gasteiger partial charge in [-0.15, -0.1) is 16.4 Å². The third-order valence-corrected chi connectivity index (χ3v) is 10.9. The zero-order valence-electron chi connectivity index (χ0n) is 28.8. The quantitative estimate of drug-likeness (QED) is 0.186. The Hall–Kier alpha value is -3.10. The van der Waals surface area contributed by atoms with Gasteiger partial charge < -0.3 is 19.5 Å². The van der Waals surface area contributed by atoms with Crippen molar-refractivity contribution in [3.8, 4) is 10.7 Å². The summed E-state index contributed by atoms with van der Waals surface area (Å²) in [7, 11) is 8.51. The normalized spacial score (nSPS) is 33.6. The van der Waals surface area contributed by atoms with E-state index in [2.05, 4.69) is 27.5 Å². The lowest BCUT2D eigenvalue weighted by Crippen LogP contribution is -2.60. The number of allylic oxidation sites excluding steroid dienone is 1. The van der Waals surface area contributed by atoms with Crippen LogP contribution >= 0.6 is 11.3 Å². The number of ketones is 1. The molecular weight excluding hydrogens is 619 g/mol. The first-order valence-electron chi connectivity index (χ1n) is 16.5. The fourth-order valence-electron chi connectivity index (χ4n) is 6.84. The lowest BCUT2D eigenvalue weighted by atomic mass is 9.53. The number of hydrogen-bond donors (Lipinski definition) is 1. The molecule has 0 aromatic carbocycles. The molecule has 4 heterocycles. The first-order valence-corrected chi connectivity index (χ1v) is 17.4. The van der Waals surface area contributed by atoms with Gasteiger partial charge in [0.2, 0.25) is 0 Å². The van der Waals surface area contributed by atoms with E-state index in [1.54, 1.807) is 36.7 Å². The number of Topliss-reactive ketones (excluding diaryl/α,β-unsaturated/α-hetero) is 1. The molecule has 256 valence electrons. The molecule has 1 N–H and O–H groups in total. The maximum absolute atomic E-state index is 13.7. The molecule has 9 atom stereocenters. The van der Waals surface area contributed by atoms with Crippen molar-refractivity contribution in [3.63, 3.8) is 0 Å². The van der Waals surface area contributed by atoms with Crippen molar-refractivity contribution in [1.29, 1.82) is 0 Å². The van der Waals surface area contributed by atoms with E-state index in [-0.39, 0.29) is 24.3 Å². The third-order valence-electron chi connectivity index (χ3n) is 10.1. The van der Waals surface area contributed by atoms with Gasteiger partial charge in [-0.3, -0.25) is 14.5 Å². The fraction of sp³-hybridized carbons (Fsp3) is 0.697. The van der Waals surface area contributed by atoms with E-state index in [0.717, 1.165) is 11.4 Å². The van der Waals surface area contributed by atoms with Gasteiger partial charge in [0.15, 0.2) is 5.60 Å². The molecule has 2 fully saturated rings. The third kappa shape index (κ3) is 7.81. The number of fused-ring (bicyclic) bond motifs is 1. The van der Waals surface area contributed by atoms with Crippen LogP contribution in [0.2, 0.25) is 5.31 Å². The topological polar surface area (TPSA) is 138 Å². The van der Waals surface area contributed by atoms with E-state index in [9.17, 15) is 14.4 Å². The van der Waals surface area contributed by atoms with Crippen LogP contribution in [0.3, 0.4) is 0 Å². The zero-order chi connectivity index (χ0) is 34.5. The van der Waals surface area contributed by atoms with E-state index in [1.165, 1.54) is 11.3 Å². The lowest BCUT2D eigenvalue weighted by Gasteiger charge is -2.41. The largest absolute Gasteiger partial charge is 0.458 e. The molecule has 14 heteroatoms. The molecule has 2 aliphatic rings. The van der Waals surface area contributed by atoms with Gasteiger partial charge in [0.25, 0.3) is 0 Å². The zero-order valence-corrected chi connectivity index (χ0v) is 29.7. The van der Waals surface area contributed by atoms with Crippen molar-refractivity contribution in [1.82, 2.24) is 30.2 Å². The molecule has 12 nitrogen and oxygen atoms in total. The van der Waals surface area contributed by atoms with Crippen molar-refractivity contribution in [3.05, 3.63) is 29.9 Å². The molecule has 0 aliphatic carbocycles. The molecule has 0 bridgehead atoms. The first-order chi connectivity index (χ1) is 22.3. The number of carbonyl (C=O) groups is 3. The summed E-state index contributed by atoms with van der Waals surface area (Å²) in [6.07, 6.45) is 7.31. The Morgan fingerprint density at radius 3 is 2.60 bits per heavy atom. The number of ether oxygens (including phenoxy) is 3. The molecule has 2 saturated heterocycles. The smallest absolute Gasteiger partial charge is 0.411 e. The minimum Gasteiger partial charge on any atom is -0.458 e. The average Bonchev–Trinajstić information content (AvgIpc) is 3.81. The van der Waals surface area contributed by atoms with E-state index >= 15 is 0 Å². The van der Waals surface area contributed by atoms with Gasteiger partial charge in [0.05, 0.1) is 32.7 Å². The van der Waals surface area contributed by atoms with E-state index < -0.39 is 53.1 Å². The van der Waals surface area contributed by atoms with Crippen LogP contribution in [0.5, 0.6) is 0 Å². The SMILES string of the molecule is [B][C@@]1(C(C)OC)CC[C@@H](C)CN[C@H](C)[C@H]2N(C/C=C/Cn3cc(-c4nccs4)nn3)C(=O)O[C@]2(C)[C@@H](CC)OC(=O)[C@H](C)C(=O)[C@@H]1C. The number of methoxy groups -OCH3 is 1. The highest BCUT2D eigenvalue weighted by Gasteiger charge is 2.58. The van der Waals surface area contributed by atoms with Gasteiger partial charge >= 0.3 is 12.1 Å². The van der Waals surface area contributed by atoms with Crippen molar-refractivity contribution >= 4 is 37.0 Å². The molecule has 2 aromatic heterocycles. The van der Waals surface area contributed by atoms with Gasteiger partial charge in [0, 0.05) is 37.2 Å². The Morgan fingerprint density at radius 2 is 1.94 bits per heavy atom. The van der Waals surface area contributed by atoms with Gasteiger partial charge in [0.1, 0.15) is 28.5 Å². The Bertz CT molecular complexity index is 1410. The Morgan fingerprint density at radius 1 is 1.21 bits per heavy atom. The molecule has 47 heavy (non-hydrogen) atoms. The van der Waals surface area contributed by atoms with Gasteiger partial charge in [-0.25, -0.2) is 14.5 Å². The second kappa shape index (κ2) is 15.4. The number of rotatable bonds is 8. The van der Waals surface area contributed by atoms with Gasteiger partial charge in [-0.1, -0.05) is 44.6 Å². The van der Waals surface area contributed by atoms with Gasteiger partial charge in [-0.05, 0) is 58.3 Å². The highest BCUT2D eigenvalue weighted by Crippen LogP contribution is 2.45. The second-order valence-corrected chi connectivity index (χ2v) is 14.2. The van der Waals surface area contributed by atoms with Crippen LogP contribution in [0.1, 0.15) is 67.7 Å². The summed E-state index contributed by atoms with van der Waals surface area (Å²) in [6, 6.07) is -0.709. The Kier molecular flexibility index (Phi) is 12.1. The number of esters is 1. The van der Waals surface area contributed by atoms with Crippen molar-refractivity contribution < 1.29 is 28.6 Å². The van der Waals surface area contributed by atoms with E-state index in [0.29, 0.717) is 31.6 Å². The number of nitrogens with zero attached hydrogens (tertiary/aromatic N) is 5. The summed E-state index contributed by atoms with van der Waals surface area (Å²) in [5.74, 6) is -2.48. The lowest BCUT2D eigenvalue weighted by molar-refractivity contribution is -0.170.